The van der Waals surface area contributed by atoms with Crippen molar-refractivity contribution in [1.29, 1.82) is 0 Å². The first-order valence-corrected chi connectivity index (χ1v) is 3.05. The van der Waals surface area contributed by atoms with Gasteiger partial charge in [-0.2, -0.15) is 0 Å². The number of hydrogen-bond donors (Lipinski definition) is 4. The molecule has 1 unspecified atom stereocenters. The maximum atomic E-state index is 9.06. The van der Waals surface area contributed by atoms with Crippen molar-refractivity contribution in [3.05, 3.63) is 0 Å². The van der Waals surface area contributed by atoms with E-state index >= 15 is 0 Å². The number of hydrogen-bond acceptors (Lipinski definition) is 5. The van der Waals surface area contributed by atoms with Crippen LogP contribution in [0.3, 0.4) is 0 Å². The zero-order chi connectivity index (χ0) is 7.72. The molecule has 5 heteroatoms. The van der Waals surface area contributed by atoms with Gasteiger partial charge in [-0.25, -0.2) is 0 Å². The number of aliphatic hydroxyl groups excluding tert-OH is 3. The zero-order valence-corrected chi connectivity index (χ0v) is 5.34. The van der Waals surface area contributed by atoms with E-state index in [1.54, 1.807) is 0 Å². The van der Waals surface area contributed by atoms with Gasteiger partial charge in [-0.1, -0.05) is 0 Å². The van der Waals surface area contributed by atoms with E-state index in [-0.39, 0.29) is 6.61 Å². The molecule has 1 heterocycles. The largest absolute Gasteiger partial charge is 0.394 e. The van der Waals surface area contributed by atoms with Crippen LogP contribution in [0.15, 0.2) is 0 Å². The lowest BCUT2D eigenvalue weighted by Gasteiger charge is -2.10. The quantitative estimate of drug-likeness (QED) is 0.327. The molecule has 1 fully saturated rings. The van der Waals surface area contributed by atoms with Crippen molar-refractivity contribution in [3.8, 4) is 0 Å². The van der Waals surface area contributed by atoms with Crippen molar-refractivity contribution in [2.45, 2.75) is 24.5 Å². The Bertz CT molecular complexity index is 120. The highest BCUT2D eigenvalue weighted by molar-refractivity contribution is 4.88. The lowest BCUT2D eigenvalue weighted by molar-refractivity contribution is -0.110. The molecule has 0 aromatic rings. The molecule has 5 N–H and O–H groups in total. The van der Waals surface area contributed by atoms with Crippen LogP contribution in [0.2, 0.25) is 0 Å². The van der Waals surface area contributed by atoms with Crippen LogP contribution in [0.5, 0.6) is 0 Å². The summed E-state index contributed by atoms with van der Waals surface area (Å²) >= 11 is 0. The molecule has 0 spiro atoms. The number of rotatable bonds is 1. The van der Waals surface area contributed by atoms with Gasteiger partial charge in [-0.3, -0.25) is 0 Å². The summed E-state index contributed by atoms with van der Waals surface area (Å²) in [6.45, 7) is -0.327. The van der Waals surface area contributed by atoms with Crippen LogP contribution in [-0.2, 0) is 4.74 Å². The predicted octanol–water partition coefficient (Wildman–Crippen LogP) is -2.62. The van der Waals surface area contributed by atoms with Gasteiger partial charge in [-0.05, 0) is 0 Å². The molecule has 1 rings (SSSR count). The van der Waals surface area contributed by atoms with Crippen LogP contribution < -0.4 is 5.73 Å². The Morgan fingerprint density at radius 2 is 2.00 bits per heavy atom. The molecule has 0 aromatic carbocycles. The van der Waals surface area contributed by atoms with E-state index in [0.29, 0.717) is 0 Å². The van der Waals surface area contributed by atoms with Crippen LogP contribution in [0.4, 0.5) is 0 Å². The maximum absolute atomic E-state index is 9.06. The van der Waals surface area contributed by atoms with Crippen molar-refractivity contribution < 1.29 is 20.1 Å². The fourth-order valence-corrected chi connectivity index (χ4v) is 0.918. The van der Waals surface area contributed by atoms with Crippen LogP contribution in [0.1, 0.15) is 0 Å². The molecule has 4 atom stereocenters. The molecule has 0 aromatic heterocycles. The third kappa shape index (κ3) is 1.14. The van der Waals surface area contributed by atoms with Crippen molar-refractivity contribution in [3.63, 3.8) is 0 Å². The highest BCUT2D eigenvalue weighted by Crippen LogP contribution is 2.16. The summed E-state index contributed by atoms with van der Waals surface area (Å²) in [6.07, 6.45) is -2.88. The van der Waals surface area contributed by atoms with Crippen LogP contribution in [0, 0.1) is 0 Å². The molecule has 0 saturated carbocycles. The Kier molecular flexibility index (Phi) is 2.22. The van der Waals surface area contributed by atoms with E-state index in [2.05, 4.69) is 4.74 Å². The highest BCUT2D eigenvalue weighted by Gasteiger charge is 2.39. The van der Waals surface area contributed by atoms with E-state index in [0.717, 1.165) is 0 Å². The van der Waals surface area contributed by atoms with Crippen LogP contribution in [0.25, 0.3) is 0 Å². The first-order chi connectivity index (χ1) is 4.66. The van der Waals surface area contributed by atoms with E-state index in [9.17, 15) is 0 Å². The van der Waals surface area contributed by atoms with Gasteiger partial charge in [0.1, 0.15) is 12.2 Å². The normalized spacial score (nSPS) is 48.0. The van der Waals surface area contributed by atoms with Crippen LogP contribution in [-0.4, -0.2) is 46.5 Å². The average Bonchev–Trinajstić information content (AvgIpc) is 2.17. The molecule has 0 aliphatic carbocycles. The Morgan fingerprint density at radius 3 is 2.20 bits per heavy atom. The number of ether oxygens (including phenoxy) is 1. The summed E-state index contributed by atoms with van der Waals surface area (Å²) in [5, 5.41) is 26.4. The van der Waals surface area contributed by atoms with Gasteiger partial charge in [0.2, 0.25) is 0 Å². The molecule has 5 nitrogen and oxygen atoms in total. The second kappa shape index (κ2) is 2.81. The smallest absolute Gasteiger partial charge is 0.172 e. The van der Waals surface area contributed by atoms with Gasteiger partial charge >= 0.3 is 0 Å². The molecule has 1 saturated heterocycles. The van der Waals surface area contributed by atoms with Gasteiger partial charge in [0, 0.05) is 0 Å². The second-order valence-corrected chi connectivity index (χ2v) is 2.32. The van der Waals surface area contributed by atoms with Crippen molar-refractivity contribution >= 4 is 0 Å². The second-order valence-electron chi connectivity index (χ2n) is 2.32. The molecular formula is C5H11NO4. The third-order valence-electron chi connectivity index (χ3n) is 1.60. The Morgan fingerprint density at radius 1 is 1.40 bits per heavy atom. The summed E-state index contributed by atoms with van der Waals surface area (Å²) < 4.78 is 4.67. The lowest BCUT2D eigenvalue weighted by atomic mass is 10.1. The van der Waals surface area contributed by atoms with E-state index < -0.39 is 24.5 Å². The minimum Gasteiger partial charge on any atom is -0.394 e. The van der Waals surface area contributed by atoms with Gasteiger partial charge in [0.05, 0.1) is 12.6 Å². The Balaban J connectivity index is 2.53. The summed E-state index contributed by atoms with van der Waals surface area (Å²) in [5.74, 6) is 0. The Hall–Kier alpha value is -0.200. The SMILES string of the molecule is N[C@@H]1C(O)O[C@H](CO)[C@H]1O. The average molecular weight is 149 g/mol. The summed E-state index contributed by atoms with van der Waals surface area (Å²) in [4.78, 5) is 0. The van der Waals surface area contributed by atoms with Crippen LogP contribution >= 0.6 is 0 Å². The monoisotopic (exact) mass is 149 g/mol. The third-order valence-corrected chi connectivity index (χ3v) is 1.60. The lowest BCUT2D eigenvalue weighted by Crippen LogP contribution is -2.40. The van der Waals surface area contributed by atoms with E-state index in [1.165, 1.54) is 0 Å². The maximum Gasteiger partial charge on any atom is 0.172 e. The fourth-order valence-electron chi connectivity index (χ4n) is 0.918. The van der Waals surface area contributed by atoms with Crippen molar-refractivity contribution in [1.82, 2.24) is 0 Å². The summed E-state index contributed by atoms with van der Waals surface area (Å²) in [7, 11) is 0. The van der Waals surface area contributed by atoms with Gasteiger partial charge < -0.3 is 25.8 Å². The Labute approximate surface area is 58.0 Å². The zero-order valence-electron chi connectivity index (χ0n) is 5.34. The molecule has 10 heavy (non-hydrogen) atoms. The van der Waals surface area contributed by atoms with Crippen molar-refractivity contribution in [2.24, 2.45) is 5.73 Å². The summed E-state index contributed by atoms with van der Waals surface area (Å²) in [6, 6.07) is -0.808. The molecule has 1 aliphatic rings. The fraction of sp³-hybridized carbons (Fsp3) is 1.00. The highest BCUT2D eigenvalue weighted by atomic mass is 16.6. The summed E-state index contributed by atoms with van der Waals surface area (Å²) in [5.41, 5.74) is 5.25. The van der Waals surface area contributed by atoms with E-state index in [1.807, 2.05) is 0 Å². The molecule has 1 aliphatic heterocycles. The minimum absolute atomic E-state index is 0.327. The van der Waals surface area contributed by atoms with Gasteiger partial charge in [0.15, 0.2) is 6.29 Å². The first-order valence-electron chi connectivity index (χ1n) is 3.05. The minimum atomic E-state index is -1.16. The molecule has 60 valence electrons. The first kappa shape index (κ1) is 7.90. The molecule has 0 amide bonds. The van der Waals surface area contributed by atoms with Gasteiger partial charge in [0.25, 0.3) is 0 Å². The predicted molar refractivity (Wildman–Crippen MR) is 31.9 cm³/mol. The molecule has 0 bridgehead atoms. The van der Waals surface area contributed by atoms with E-state index in [4.69, 9.17) is 21.1 Å². The van der Waals surface area contributed by atoms with Crippen molar-refractivity contribution in [2.75, 3.05) is 6.61 Å². The standard InChI is InChI=1S/C5H11NO4/c6-3-4(8)2(1-7)10-5(3)9/h2-5,7-9H,1,6H2/t2-,3+,4-,5?/m1/s1. The molecule has 0 radical (unpaired) electrons. The van der Waals surface area contributed by atoms with Gasteiger partial charge in [-0.15, -0.1) is 0 Å². The number of nitrogens with two attached hydrogens (primary N) is 1. The molecular weight excluding hydrogens is 138 g/mol. The topological polar surface area (TPSA) is 95.9 Å². The number of aliphatic hydroxyl groups is 3.